The summed E-state index contributed by atoms with van der Waals surface area (Å²) in [7, 11) is 6.51. The van der Waals surface area contributed by atoms with Crippen LogP contribution in [0.1, 0.15) is 52.2 Å². The van der Waals surface area contributed by atoms with Crippen molar-refractivity contribution >= 4 is 40.9 Å². The van der Waals surface area contributed by atoms with Crippen LogP contribution in [0.15, 0.2) is 67.0 Å². The SMILES string of the molecule is Cc1c(Cl)cccc1OCCOC(=O)N1C[C@@H]2C[C@@H]2c2c(-c3cnn(Cc4cc(C(=O)NCCCC[N+](C)(C)C)ccc4Cl)c3)cccc21. The number of hydrogen-bond acceptors (Lipinski definition) is 5. The molecule has 0 radical (unpaired) electrons. The molecule has 1 N–H and O–H groups in total. The van der Waals surface area contributed by atoms with Gasteiger partial charge in [0.1, 0.15) is 19.0 Å². The summed E-state index contributed by atoms with van der Waals surface area (Å²) in [4.78, 5) is 27.9. The highest BCUT2D eigenvalue weighted by Gasteiger charge is 2.48. The summed E-state index contributed by atoms with van der Waals surface area (Å²) in [5, 5.41) is 8.90. The molecule has 3 aromatic carbocycles. The van der Waals surface area contributed by atoms with Crippen molar-refractivity contribution in [2.75, 3.05) is 58.9 Å². The van der Waals surface area contributed by atoms with Gasteiger partial charge in [0.05, 0.1) is 46.1 Å². The summed E-state index contributed by atoms with van der Waals surface area (Å²) in [6, 6.07) is 16.9. The molecule has 2 heterocycles. The van der Waals surface area contributed by atoms with Gasteiger partial charge in [0.15, 0.2) is 0 Å². The van der Waals surface area contributed by atoms with Crippen LogP contribution in [0.5, 0.6) is 5.75 Å². The minimum absolute atomic E-state index is 0.106. The lowest BCUT2D eigenvalue weighted by Gasteiger charge is -2.29. The van der Waals surface area contributed by atoms with Crippen molar-refractivity contribution in [3.05, 3.63) is 99.3 Å². The Bertz CT molecular complexity index is 1840. The molecule has 49 heavy (non-hydrogen) atoms. The molecule has 1 aliphatic carbocycles. The van der Waals surface area contributed by atoms with Crippen molar-refractivity contribution in [1.82, 2.24) is 15.1 Å². The number of anilines is 1. The summed E-state index contributed by atoms with van der Waals surface area (Å²) in [5.74, 6) is 1.36. The van der Waals surface area contributed by atoms with Crippen LogP contribution >= 0.6 is 23.2 Å². The Morgan fingerprint density at radius 1 is 1.02 bits per heavy atom. The summed E-state index contributed by atoms with van der Waals surface area (Å²) in [6.07, 6.45) is 6.47. The third-order valence-corrected chi connectivity index (χ3v) is 9.99. The number of benzene rings is 3. The number of rotatable bonds is 13. The maximum Gasteiger partial charge on any atom is 0.414 e. The molecule has 1 aromatic heterocycles. The number of unbranched alkanes of at least 4 members (excludes halogenated alkanes) is 1. The van der Waals surface area contributed by atoms with Gasteiger partial charge in [-0.1, -0.05) is 41.4 Å². The molecule has 6 rings (SSSR count). The molecule has 0 bridgehead atoms. The van der Waals surface area contributed by atoms with Crippen molar-refractivity contribution in [3.63, 3.8) is 0 Å². The van der Waals surface area contributed by atoms with Gasteiger partial charge >= 0.3 is 6.09 Å². The molecule has 2 amide bonds. The van der Waals surface area contributed by atoms with E-state index in [0.29, 0.717) is 52.8 Å². The van der Waals surface area contributed by atoms with Crippen LogP contribution in [0.2, 0.25) is 10.0 Å². The van der Waals surface area contributed by atoms with Crippen LogP contribution in [-0.2, 0) is 11.3 Å². The van der Waals surface area contributed by atoms with Crippen LogP contribution in [0.3, 0.4) is 0 Å². The molecular weight excluding hydrogens is 661 g/mol. The van der Waals surface area contributed by atoms with Gasteiger partial charge in [-0.05, 0) is 91.1 Å². The van der Waals surface area contributed by atoms with Gasteiger partial charge in [-0.15, -0.1) is 0 Å². The van der Waals surface area contributed by atoms with Gasteiger partial charge in [0.2, 0.25) is 0 Å². The predicted molar refractivity (Wildman–Crippen MR) is 194 cm³/mol. The molecule has 258 valence electrons. The number of hydrogen-bond donors (Lipinski definition) is 1. The van der Waals surface area contributed by atoms with Crippen molar-refractivity contribution in [2.24, 2.45) is 5.92 Å². The molecule has 4 aromatic rings. The van der Waals surface area contributed by atoms with Crippen LogP contribution in [0.4, 0.5) is 10.5 Å². The zero-order chi connectivity index (χ0) is 34.7. The van der Waals surface area contributed by atoms with E-state index < -0.39 is 0 Å². The van der Waals surface area contributed by atoms with Crippen LogP contribution in [0, 0.1) is 12.8 Å². The molecule has 2 aliphatic rings. The lowest BCUT2D eigenvalue weighted by molar-refractivity contribution is -0.870. The lowest BCUT2D eigenvalue weighted by atomic mass is 9.93. The van der Waals surface area contributed by atoms with Crippen molar-refractivity contribution in [1.29, 1.82) is 0 Å². The topological polar surface area (TPSA) is 85.7 Å². The number of nitrogens with zero attached hydrogens (tertiary/aromatic N) is 4. The first-order valence-electron chi connectivity index (χ1n) is 16.8. The second-order valence-corrected chi connectivity index (χ2v) is 14.8. The van der Waals surface area contributed by atoms with Gasteiger partial charge in [0, 0.05) is 46.0 Å². The number of aromatic nitrogens is 2. The zero-order valence-corrected chi connectivity index (χ0v) is 30.1. The second kappa shape index (κ2) is 14.8. The first kappa shape index (κ1) is 34.8. The lowest BCUT2D eigenvalue weighted by Crippen LogP contribution is -2.37. The van der Waals surface area contributed by atoms with E-state index in [0.717, 1.165) is 63.8 Å². The second-order valence-electron chi connectivity index (χ2n) is 14.0. The monoisotopic (exact) mass is 704 g/mol. The van der Waals surface area contributed by atoms with Crippen molar-refractivity contribution in [3.8, 4) is 16.9 Å². The first-order valence-corrected chi connectivity index (χ1v) is 17.6. The molecule has 11 heteroatoms. The Morgan fingerprint density at radius 2 is 1.84 bits per heavy atom. The van der Waals surface area contributed by atoms with Crippen molar-refractivity contribution in [2.45, 2.75) is 38.6 Å². The fourth-order valence-corrected chi connectivity index (χ4v) is 6.80. The number of nitrogens with one attached hydrogen (secondary N) is 1. The minimum atomic E-state index is -0.381. The molecule has 1 fully saturated rings. The molecule has 1 saturated carbocycles. The molecule has 0 spiro atoms. The number of amides is 2. The number of carbonyl (C=O) groups excluding carboxylic acids is 2. The number of fused-ring (bicyclic) bond motifs is 3. The van der Waals surface area contributed by atoms with E-state index >= 15 is 0 Å². The zero-order valence-electron chi connectivity index (χ0n) is 28.5. The van der Waals surface area contributed by atoms with Gasteiger partial charge in [-0.25, -0.2) is 4.79 Å². The van der Waals surface area contributed by atoms with Crippen LogP contribution in [0.25, 0.3) is 11.1 Å². The first-order chi connectivity index (χ1) is 23.5. The van der Waals surface area contributed by atoms with E-state index in [1.54, 1.807) is 17.0 Å². The van der Waals surface area contributed by atoms with Gasteiger partial charge in [0.25, 0.3) is 5.91 Å². The molecule has 9 nitrogen and oxygen atoms in total. The third kappa shape index (κ3) is 8.40. The fourth-order valence-electron chi connectivity index (χ4n) is 6.46. The molecule has 0 unspecified atom stereocenters. The average molecular weight is 706 g/mol. The standard InChI is InChI=1S/C38H43Cl2N5O4/c1-25-32(39)10-8-12-35(25)48-17-18-49-38(47)44-24-27-20-31(27)36-30(9-7-11-34(36)44)29-21-42-43(23-29)22-28-19-26(13-14-33(28)40)37(46)41-15-5-6-16-45(2,3)4/h7-14,19,21,23,27,31H,5-6,15-18,20,22,24H2,1-4H3/p+1/t27-,31-/m0/s1. The van der Waals surface area contributed by atoms with E-state index in [1.807, 2.05) is 60.4 Å². The summed E-state index contributed by atoms with van der Waals surface area (Å²) in [6.45, 7) is 4.99. The van der Waals surface area contributed by atoms with E-state index in [4.69, 9.17) is 32.7 Å². The maximum absolute atomic E-state index is 13.3. The van der Waals surface area contributed by atoms with Gasteiger partial charge in [-0.3, -0.25) is 14.4 Å². The Hall–Kier alpha value is -4.05. The van der Waals surface area contributed by atoms with E-state index in [2.05, 4.69) is 37.6 Å². The number of ether oxygens (including phenoxy) is 2. The Kier molecular flexibility index (Phi) is 10.5. The van der Waals surface area contributed by atoms with E-state index in [-0.39, 0.29) is 25.2 Å². The van der Waals surface area contributed by atoms with E-state index in [1.165, 1.54) is 0 Å². The predicted octanol–water partition coefficient (Wildman–Crippen LogP) is 7.57. The highest BCUT2D eigenvalue weighted by Crippen LogP contribution is 2.57. The quantitative estimate of drug-likeness (QED) is 0.115. The maximum atomic E-state index is 13.3. The third-order valence-electron chi connectivity index (χ3n) is 9.21. The smallest absolute Gasteiger partial charge is 0.414 e. The molecule has 1 aliphatic heterocycles. The summed E-state index contributed by atoms with van der Waals surface area (Å²) in [5.41, 5.74) is 6.29. The average Bonchev–Trinajstić information content (AvgIpc) is 3.72. The molecular formula is C38H44Cl2N5O4+. The van der Waals surface area contributed by atoms with Gasteiger partial charge in [-0.2, -0.15) is 5.10 Å². The summed E-state index contributed by atoms with van der Waals surface area (Å²) >= 11 is 12.8. The Balaban J connectivity index is 1.10. The normalized spacial score (nSPS) is 16.5. The number of halogens is 2. The Morgan fingerprint density at radius 3 is 2.65 bits per heavy atom. The van der Waals surface area contributed by atoms with Crippen molar-refractivity contribution < 1.29 is 23.5 Å². The Labute approximate surface area is 298 Å². The molecule has 0 saturated heterocycles. The van der Waals surface area contributed by atoms with Crippen LogP contribution in [-0.4, -0.2) is 80.3 Å². The highest BCUT2D eigenvalue weighted by molar-refractivity contribution is 6.31. The van der Waals surface area contributed by atoms with E-state index in [9.17, 15) is 9.59 Å². The summed E-state index contributed by atoms with van der Waals surface area (Å²) < 4.78 is 14.2. The van der Waals surface area contributed by atoms with Crippen LogP contribution < -0.4 is 15.0 Å². The molecule has 2 atom stereocenters. The van der Waals surface area contributed by atoms with Gasteiger partial charge < -0.3 is 19.3 Å². The minimum Gasteiger partial charge on any atom is -0.490 e. The number of carbonyl (C=O) groups is 2. The fraction of sp³-hybridized carbons (Fsp3) is 0.395. The highest BCUT2D eigenvalue weighted by atomic mass is 35.5. The largest absolute Gasteiger partial charge is 0.490 e. The number of quaternary nitrogens is 1.